The summed E-state index contributed by atoms with van der Waals surface area (Å²) in [4.78, 5) is 8.14. The van der Waals surface area contributed by atoms with E-state index < -0.39 is 0 Å². The van der Waals surface area contributed by atoms with Gasteiger partial charge in [-0.25, -0.2) is 9.97 Å². The maximum atomic E-state index is 4.16. The SMILES string of the molecule is CC(C)c1cncnc1CBr. The molecule has 0 bridgehead atoms. The van der Waals surface area contributed by atoms with Gasteiger partial charge in [0, 0.05) is 11.5 Å². The van der Waals surface area contributed by atoms with E-state index in [1.807, 2.05) is 6.20 Å². The zero-order valence-corrected chi connectivity index (χ0v) is 8.30. The minimum atomic E-state index is 0.503. The van der Waals surface area contributed by atoms with Gasteiger partial charge in [-0.05, 0) is 11.5 Å². The quantitative estimate of drug-likeness (QED) is 0.708. The van der Waals surface area contributed by atoms with E-state index in [2.05, 4.69) is 39.7 Å². The van der Waals surface area contributed by atoms with Crippen LogP contribution in [0, 0.1) is 0 Å². The molecule has 3 heteroatoms. The van der Waals surface area contributed by atoms with Crippen molar-refractivity contribution in [3.8, 4) is 0 Å². The van der Waals surface area contributed by atoms with Crippen LogP contribution in [0.5, 0.6) is 0 Å². The summed E-state index contributed by atoms with van der Waals surface area (Å²) < 4.78 is 0. The number of hydrogen-bond donors (Lipinski definition) is 0. The molecule has 0 aliphatic heterocycles. The minimum Gasteiger partial charge on any atom is -0.245 e. The predicted octanol–water partition coefficient (Wildman–Crippen LogP) is 2.49. The molecule has 0 saturated carbocycles. The molecule has 0 aliphatic carbocycles. The highest BCUT2D eigenvalue weighted by molar-refractivity contribution is 9.08. The molecule has 0 aromatic carbocycles. The summed E-state index contributed by atoms with van der Waals surface area (Å²) in [5, 5.41) is 0.809. The molecule has 1 rings (SSSR count). The maximum absolute atomic E-state index is 4.16. The van der Waals surface area contributed by atoms with Crippen LogP contribution in [0.15, 0.2) is 12.5 Å². The Morgan fingerprint density at radius 3 is 2.73 bits per heavy atom. The van der Waals surface area contributed by atoms with E-state index in [4.69, 9.17) is 0 Å². The third-order valence-corrected chi connectivity index (χ3v) is 2.11. The van der Waals surface area contributed by atoms with Crippen LogP contribution in [-0.2, 0) is 5.33 Å². The van der Waals surface area contributed by atoms with Crippen molar-refractivity contribution in [2.45, 2.75) is 25.1 Å². The normalized spacial score (nSPS) is 10.5. The first-order valence-electron chi connectivity index (χ1n) is 3.60. The van der Waals surface area contributed by atoms with Gasteiger partial charge in [-0.2, -0.15) is 0 Å². The van der Waals surface area contributed by atoms with Crippen LogP contribution in [0.2, 0.25) is 0 Å². The highest BCUT2D eigenvalue weighted by Gasteiger charge is 2.05. The molecule has 60 valence electrons. The minimum absolute atomic E-state index is 0.503. The first-order chi connectivity index (χ1) is 5.25. The van der Waals surface area contributed by atoms with Crippen LogP contribution >= 0.6 is 15.9 Å². The smallest absolute Gasteiger partial charge is 0.115 e. The Morgan fingerprint density at radius 2 is 2.27 bits per heavy atom. The van der Waals surface area contributed by atoms with E-state index in [0.29, 0.717) is 5.92 Å². The third-order valence-electron chi connectivity index (χ3n) is 1.58. The largest absolute Gasteiger partial charge is 0.245 e. The lowest BCUT2D eigenvalue weighted by Crippen LogP contribution is -1.97. The fraction of sp³-hybridized carbons (Fsp3) is 0.500. The first kappa shape index (κ1) is 8.65. The fourth-order valence-electron chi connectivity index (χ4n) is 0.960. The number of halogens is 1. The highest BCUT2D eigenvalue weighted by atomic mass is 79.9. The predicted molar refractivity (Wildman–Crippen MR) is 48.8 cm³/mol. The molecule has 0 saturated heterocycles. The number of hydrogen-bond acceptors (Lipinski definition) is 2. The van der Waals surface area contributed by atoms with Crippen LogP contribution < -0.4 is 0 Å². The molecule has 2 nitrogen and oxygen atoms in total. The van der Waals surface area contributed by atoms with Crippen molar-refractivity contribution < 1.29 is 0 Å². The second-order valence-corrected chi connectivity index (χ2v) is 3.27. The summed E-state index contributed by atoms with van der Waals surface area (Å²) in [6.45, 7) is 4.29. The van der Waals surface area contributed by atoms with Gasteiger partial charge in [0.15, 0.2) is 0 Å². The van der Waals surface area contributed by atoms with Crippen molar-refractivity contribution in [1.29, 1.82) is 0 Å². The molecule has 1 aromatic rings. The molecule has 0 atom stereocenters. The van der Waals surface area contributed by atoms with Crippen LogP contribution in [-0.4, -0.2) is 9.97 Å². The van der Waals surface area contributed by atoms with Crippen LogP contribution in [0.25, 0.3) is 0 Å². The summed E-state index contributed by atoms with van der Waals surface area (Å²) in [5.41, 5.74) is 2.32. The van der Waals surface area contributed by atoms with Crippen molar-refractivity contribution in [1.82, 2.24) is 9.97 Å². The van der Waals surface area contributed by atoms with Gasteiger partial charge in [0.1, 0.15) is 6.33 Å². The van der Waals surface area contributed by atoms with Gasteiger partial charge >= 0.3 is 0 Å². The fourth-order valence-corrected chi connectivity index (χ4v) is 1.43. The summed E-state index contributed by atoms with van der Waals surface area (Å²) in [7, 11) is 0. The van der Waals surface area contributed by atoms with E-state index in [1.165, 1.54) is 5.56 Å². The Morgan fingerprint density at radius 1 is 1.55 bits per heavy atom. The second kappa shape index (κ2) is 3.81. The van der Waals surface area contributed by atoms with Crippen molar-refractivity contribution in [3.63, 3.8) is 0 Å². The molecule has 0 radical (unpaired) electrons. The number of alkyl halides is 1. The maximum Gasteiger partial charge on any atom is 0.115 e. The van der Waals surface area contributed by atoms with Gasteiger partial charge in [-0.3, -0.25) is 0 Å². The molecule has 0 spiro atoms. The lowest BCUT2D eigenvalue weighted by molar-refractivity contribution is 0.826. The summed E-state index contributed by atoms with van der Waals surface area (Å²) in [5.74, 6) is 0.503. The number of aromatic nitrogens is 2. The molecular weight excluding hydrogens is 204 g/mol. The Balaban J connectivity index is 3.02. The molecule has 1 aromatic heterocycles. The summed E-state index contributed by atoms with van der Waals surface area (Å²) in [6, 6.07) is 0. The monoisotopic (exact) mass is 214 g/mol. The van der Waals surface area contributed by atoms with Crippen LogP contribution in [0.3, 0.4) is 0 Å². The van der Waals surface area contributed by atoms with E-state index in [9.17, 15) is 0 Å². The molecule has 0 unspecified atom stereocenters. The molecule has 0 N–H and O–H groups in total. The average Bonchev–Trinajstić information content (AvgIpc) is 2.04. The topological polar surface area (TPSA) is 25.8 Å². The van der Waals surface area contributed by atoms with Gasteiger partial charge in [0.25, 0.3) is 0 Å². The van der Waals surface area contributed by atoms with Gasteiger partial charge < -0.3 is 0 Å². The van der Waals surface area contributed by atoms with Crippen LogP contribution in [0.4, 0.5) is 0 Å². The molecular formula is C8H11BrN2. The van der Waals surface area contributed by atoms with Crippen molar-refractivity contribution in [2.24, 2.45) is 0 Å². The Kier molecular flexibility index (Phi) is 3.00. The number of rotatable bonds is 2. The van der Waals surface area contributed by atoms with Crippen molar-refractivity contribution in [3.05, 3.63) is 23.8 Å². The van der Waals surface area contributed by atoms with Gasteiger partial charge in [-0.15, -0.1) is 0 Å². The molecule has 0 fully saturated rings. The zero-order valence-electron chi connectivity index (χ0n) is 6.71. The lowest BCUT2D eigenvalue weighted by Gasteiger charge is -2.07. The van der Waals surface area contributed by atoms with E-state index in [1.54, 1.807) is 6.33 Å². The van der Waals surface area contributed by atoms with Crippen molar-refractivity contribution in [2.75, 3.05) is 0 Å². The molecule has 0 aliphatic rings. The lowest BCUT2D eigenvalue weighted by atomic mass is 10.0. The van der Waals surface area contributed by atoms with E-state index >= 15 is 0 Å². The highest BCUT2D eigenvalue weighted by Crippen LogP contribution is 2.17. The Hall–Kier alpha value is -0.440. The van der Waals surface area contributed by atoms with E-state index in [0.717, 1.165) is 11.0 Å². The van der Waals surface area contributed by atoms with E-state index in [-0.39, 0.29) is 0 Å². The third kappa shape index (κ3) is 1.99. The first-order valence-corrected chi connectivity index (χ1v) is 4.72. The zero-order chi connectivity index (χ0) is 8.27. The summed E-state index contributed by atoms with van der Waals surface area (Å²) >= 11 is 3.39. The van der Waals surface area contributed by atoms with Crippen LogP contribution in [0.1, 0.15) is 31.0 Å². The molecule has 1 heterocycles. The Bertz CT molecular complexity index is 235. The number of nitrogens with zero attached hydrogens (tertiary/aromatic N) is 2. The second-order valence-electron chi connectivity index (χ2n) is 2.71. The van der Waals surface area contributed by atoms with Gasteiger partial charge in [0.2, 0.25) is 0 Å². The molecule has 11 heavy (non-hydrogen) atoms. The summed E-state index contributed by atoms with van der Waals surface area (Å²) in [6.07, 6.45) is 3.47. The van der Waals surface area contributed by atoms with Crippen molar-refractivity contribution >= 4 is 15.9 Å². The average molecular weight is 215 g/mol. The standard InChI is InChI=1S/C8H11BrN2/c1-6(2)7-4-10-5-11-8(7)3-9/h4-6H,3H2,1-2H3. The Labute approximate surface area is 75.2 Å². The van der Waals surface area contributed by atoms with Gasteiger partial charge in [0.05, 0.1) is 5.69 Å². The van der Waals surface area contributed by atoms with Gasteiger partial charge in [-0.1, -0.05) is 29.8 Å². The molecule has 0 amide bonds.